The fraction of sp³-hybridized carbons (Fsp3) is 0.105. The molecule has 2 aromatic carbocycles. The Kier molecular flexibility index (Phi) is 4.31. The van der Waals surface area contributed by atoms with Crippen molar-refractivity contribution in [1.29, 1.82) is 0 Å². The molecule has 5 nitrogen and oxygen atoms in total. The van der Waals surface area contributed by atoms with Crippen LogP contribution in [0.4, 0.5) is 10.1 Å². The van der Waals surface area contributed by atoms with Crippen molar-refractivity contribution in [2.75, 3.05) is 0 Å². The van der Waals surface area contributed by atoms with Crippen LogP contribution in [-0.2, 0) is 6.42 Å². The number of nitrogens with zero attached hydrogens (tertiary/aromatic N) is 2. The zero-order valence-corrected chi connectivity index (χ0v) is 13.3. The van der Waals surface area contributed by atoms with Gasteiger partial charge in [0.25, 0.3) is 5.91 Å². The van der Waals surface area contributed by atoms with Crippen LogP contribution in [0.2, 0.25) is 0 Å². The molecule has 0 atom stereocenters. The second-order valence-electron chi connectivity index (χ2n) is 5.64. The van der Waals surface area contributed by atoms with Gasteiger partial charge >= 0.3 is 0 Å². The quantitative estimate of drug-likeness (QED) is 0.502. The van der Waals surface area contributed by atoms with Crippen molar-refractivity contribution in [3.05, 3.63) is 82.0 Å². The third-order valence-corrected chi connectivity index (χ3v) is 4.01. The number of hydrogen-bond acceptors (Lipinski definition) is 1. The maximum Gasteiger partial charge on any atom is 0.280 e. The number of allylic oxidation sites excluding steroid dienone is 1. The highest BCUT2D eigenvalue weighted by Crippen LogP contribution is 2.37. The molecule has 1 aliphatic rings. The molecule has 1 aliphatic carbocycles. The van der Waals surface area contributed by atoms with E-state index >= 15 is 0 Å². The molecule has 0 spiro atoms. The van der Waals surface area contributed by atoms with Crippen LogP contribution in [0.1, 0.15) is 33.5 Å². The van der Waals surface area contributed by atoms with E-state index in [2.05, 4.69) is 9.84 Å². The van der Waals surface area contributed by atoms with Crippen molar-refractivity contribution in [1.82, 2.24) is 0 Å². The molecular formula is C19H15FN4O. The molecule has 2 aromatic rings. The van der Waals surface area contributed by atoms with Crippen LogP contribution >= 0.6 is 0 Å². The minimum atomic E-state index is -0.544. The van der Waals surface area contributed by atoms with Crippen LogP contribution in [0, 0.1) is 12.4 Å². The molecule has 0 aromatic heterocycles. The summed E-state index contributed by atoms with van der Waals surface area (Å²) in [5.41, 5.74) is 14.3. The van der Waals surface area contributed by atoms with Gasteiger partial charge in [0.2, 0.25) is 0 Å². The van der Waals surface area contributed by atoms with Crippen LogP contribution in [0.25, 0.3) is 10.4 Å². The largest absolute Gasteiger partial charge is 0.370 e. The van der Waals surface area contributed by atoms with E-state index in [1.54, 1.807) is 12.1 Å². The van der Waals surface area contributed by atoms with Crippen molar-refractivity contribution in [2.45, 2.75) is 12.8 Å². The summed E-state index contributed by atoms with van der Waals surface area (Å²) in [7, 11) is 0. The lowest BCUT2D eigenvalue weighted by atomic mass is 9.85. The molecule has 0 saturated heterocycles. The molecule has 0 unspecified atom stereocenters. The average molecular weight is 334 g/mol. The molecule has 0 heterocycles. The predicted octanol–water partition coefficient (Wildman–Crippen LogP) is 3.17. The van der Waals surface area contributed by atoms with Crippen LogP contribution in [0.5, 0.6) is 0 Å². The summed E-state index contributed by atoms with van der Waals surface area (Å²) in [6, 6.07) is 9.26. The van der Waals surface area contributed by atoms with E-state index in [0.717, 1.165) is 29.5 Å². The number of halogens is 1. The van der Waals surface area contributed by atoms with Gasteiger partial charge in [0.1, 0.15) is 5.82 Å². The van der Waals surface area contributed by atoms with Gasteiger partial charge in [0, 0.05) is 5.56 Å². The summed E-state index contributed by atoms with van der Waals surface area (Å²) in [6.45, 7) is 7.32. The van der Waals surface area contributed by atoms with Crippen LogP contribution < -0.4 is 11.5 Å². The van der Waals surface area contributed by atoms with E-state index in [0.29, 0.717) is 16.8 Å². The molecule has 0 saturated carbocycles. The molecule has 25 heavy (non-hydrogen) atoms. The normalized spacial score (nSPS) is 12.6. The summed E-state index contributed by atoms with van der Waals surface area (Å²) in [6.07, 6.45) is 3.54. The fourth-order valence-electron chi connectivity index (χ4n) is 2.92. The molecule has 3 rings (SSSR count). The van der Waals surface area contributed by atoms with Gasteiger partial charge in [-0.3, -0.25) is 4.79 Å². The number of carbonyl (C=O) groups excluding carboxylic acids is 1. The number of aryl methyl sites for hydroxylation is 1. The van der Waals surface area contributed by atoms with Crippen molar-refractivity contribution >= 4 is 23.1 Å². The van der Waals surface area contributed by atoms with Gasteiger partial charge in [-0.2, -0.15) is 4.99 Å². The Balaban J connectivity index is 2.14. The first-order valence-corrected chi connectivity index (χ1v) is 7.64. The number of amides is 1. The Morgan fingerprint density at radius 3 is 2.68 bits per heavy atom. The number of guanidine groups is 1. The Bertz CT molecular complexity index is 966. The van der Waals surface area contributed by atoms with Gasteiger partial charge in [0.15, 0.2) is 11.6 Å². The lowest BCUT2D eigenvalue weighted by Gasteiger charge is -2.20. The Labute approximate surface area is 144 Å². The summed E-state index contributed by atoms with van der Waals surface area (Å²) in [5.74, 6) is -1.26. The minimum Gasteiger partial charge on any atom is -0.370 e. The highest BCUT2D eigenvalue weighted by Gasteiger charge is 2.19. The van der Waals surface area contributed by atoms with Gasteiger partial charge in [-0.15, -0.1) is 0 Å². The lowest BCUT2D eigenvalue weighted by molar-refractivity contribution is 0.100. The van der Waals surface area contributed by atoms with Crippen LogP contribution in [0.3, 0.4) is 0 Å². The Morgan fingerprint density at radius 2 is 1.96 bits per heavy atom. The number of hydrogen-bond donors (Lipinski definition) is 2. The van der Waals surface area contributed by atoms with Crippen LogP contribution in [0.15, 0.2) is 47.5 Å². The maximum absolute atomic E-state index is 13.7. The second-order valence-corrected chi connectivity index (χ2v) is 5.64. The highest BCUT2D eigenvalue weighted by molar-refractivity contribution is 6.03. The van der Waals surface area contributed by atoms with E-state index in [1.807, 2.05) is 12.1 Å². The number of nitrogens with two attached hydrogens (primary N) is 2. The first-order valence-electron chi connectivity index (χ1n) is 7.64. The van der Waals surface area contributed by atoms with E-state index < -0.39 is 11.7 Å². The third-order valence-electron chi connectivity index (χ3n) is 4.01. The van der Waals surface area contributed by atoms with Crippen LogP contribution in [-0.4, -0.2) is 11.9 Å². The zero-order valence-electron chi connectivity index (χ0n) is 13.3. The molecule has 0 aliphatic heterocycles. The van der Waals surface area contributed by atoms with E-state index in [4.69, 9.17) is 18.0 Å². The van der Waals surface area contributed by atoms with Crippen molar-refractivity contribution in [3.63, 3.8) is 0 Å². The lowest BCUT2D eigenvalue weighted by Crippen LogP contribution is -2.24. The Morgan fingerprint density at radius 1 is 1.16 bits per heavy atom. The molecule has 4 N–H and O–H groups in total. The molecule has 1 amide bonds. The minimum absolute atomic E-state index is 0.307. The summed E-state index contributed by atoms with van der Waals surface area (Å²) < 4.78 is 13.7. The van der Waals surface area contributed by atoms with E-state index in [-0.39, 0.29) is 5.96 Å². The maximum atomic E-state index is 13.7. The highest BCUT2D eigenvalue weighted by atomic mass is 19.1. The molecular weight excluding hydrogens is 319 g/mol. The standard InChI is InChI=1S/C19H15FN4O/c1-23-17-8-7-13(20)10-16(17)14-4-2-3-11-5-6-12(9-15(11)14)18(25)24-19(21)22/h4-10H,2-3H2,(H4,21,22,24,25). The number of aliphatic imine (C=N–C) groups is 1. The first-order chi connectivity index (χ1) is 12.0. The summed E-state index contributed by atoms with van der Waals surface area (Å²) in [4.78, 5) is 19.1. The first kappa shape index (κ1) is 16.4. The smallest absolute Gasteiger partial charge is 0.280 e. The summed E-state index contributed by atoms with van der Waals surface area (Å²) in [5, 5.41) is 0. The number of fused-ring (bicyclic) bond motifs is 1. The Hall–Kier alpha value is -3.46. The molecule has 0 radical (unpaired) electrons. The molecule has 124 valence electrons. The predicted molar refractivity (Wildman–Crippen MR) is 94.6 cm³/mol. The SMILES string of the molecule is [C-]#[N+]c1ccc(F)cc1C1=CCCc2ccc(C(=O)N=C(N)N)cc21. The molecule has 0 fully saturated rings. The van der Waals surface area contributed by atoms with Gasteiger partial charge in [-0.05, 0) is 59.4 Å². The summed E-state index contributed by atoms with van der Waals surface area (Å²) >= 11 is 0. The van der Waals surface area contributed by atoms with E-state index in [1.165, 1.54) is 18.2 Å². The fourth-order valence-corrected chi connectivity index (χ4v) is 2.92. The van der Waals surface area contributed by atoms with Crippen molar-refractivity contribution < 1.29 is 9.18 Å². The van der Waals surface area contributed by atoms with Gasteiger partial charge < -0.3 is 11.5 Å². The number of rotatable bonds is 2. The third kappa shape index (κ3) is 3.26. The van der Waals surface area contributed by atoms with Crippen molar-refractivity contribution in [2.24, 2.45) is 16.5 Å². The molecule has 0 bridgehead atoms. The topological polar surface area (TPSA) is 85.8 Å². The van der Waals surface area contributed by atoms with Gasteiger partial charge in [0.05, 0.1) is 6.57 Å². The monoisotopic (exact) mass is 334 g/mol. The number of carbonyl (C=O) groups is 1. The van der Waals surface area contributed by atoms with E-state index in [9.17, 15) is 9.18 Å². The second kappa shape index (κ2) is 6.57. The zero-order chi connectivity index (χ0) is 18.0. The number of benzene rings is 2. The molecule has 6 heteroatoms. The van der Waals surface area contributed by atoms with Gasteiger partial charge in [-0.25, -0.2) is 9.24 Å². The van der Waals surface area contributed by atoms with Gasteiger partial charge in [-0.1, -0.05) is 18.2 Å². The average Bonchev–Trinajstić information content (AvgIpc) is 2.60. The van der Waals surface area contributed by atoms with Crippen molar-refractivity contribution in [3.8, 4) is 0 Å².